The molecule has 3 aromatic carbocycles. The second-order valence-corrected chi connectivity index (χ2v) is 16.9. The molecular formula is C40H53O2P. The minimum atomic E-state index is -2.88. The van der Waals surface area contributed by atoms with Gasteiger partial charge >= 0.3 is 0 Å². The Bertz CT molecular complexity index is 1300. The second-order valence-electron chi connectivity index (χ2n) is 13.9. The lowest BCUT2D eigenvalue weighted by molar-refractivity contribution is -0.0162. The first-order chi connectivity index (χ1) is 20.8. The molecule has 5 rings (SSSR count). The molecule has 0 heterocycles. The van der Waals surface area contributed by atoms with E-state index in [-0.39, 0.29) is 17.2 Å². The minimum Gasteiger partial charge on any atom is -0.495 e. The molecule has 1 fully saturated rings. The standard InChI is InChI=1S/C40H53O2P/c1-5-6-10-18-32-30-34(42-38-29-31(2)27-28-37(38)40(3,4)33-19-11-7-12-20-33)21-17-26-39(32)43(41,35-22-13-8-14-23-35)36-24-15-9-16-25-36/h7-9,11-16,19-25,31-32,37-39H,5-6,10,17-18,26-30H2,1-4H3/t31-,32+,37-,38-,39+/m1/s1. The molecule has 2 aliphatic rings. The average molecular weight is 597 g/mol. The second kappa shape index (κ2) is 14.5. The molecule has 0 saturated heterocycles. The minimum absolute atomic E-state index is 0.0384. The number of ether oxygens (including phenoxy) is 1. The van der Waals surface area contributed by atoms with Crippen LogP contribution >= 0.6 is 7.14 Å². The van der Waals surface area contributed by atoms with Gasteiger partial charge in [0.25, 0.3) is 0 Å². The van der Waals surface area contributed by atoms with Gasteiger partial charge in [-0.05, 0) is 61.0 Å². The van der Waals surface area contributed by atoms with Crippen LogP contribution < -0.4 is 10.6 Å². The van der Waals surface area contributed by atoms with E-state index in [0.29, 0.717) is 17.8 Å². The predicted octanol–water partition coefficient (Wildman–Crippen LogP) is 10.4. The first-order valence-electron chi connectivity index (χ1n) is 17.0. The van der Waals surface area contributed by atoms with Gasteiger partial charge in [0.1, 0.15) is 13.2 Å². The van der Waals surface area contributed by atoms with Crippen LogP contribution in [0.3, 0.4) is 0 Å². The highest BCUT2D eigenvalue weighted by Gasteiger charge is 2.44. The lowest BCUT2D eigenvalue weighted by Crippen LogP contribution is -2.42. The fourth-order valence-corrected chi connectivity index (χ4v) is 11.7. The van der Waals surface area contributed by atoms with E-state index in [0.717, 1.165) is 48.5 Å². The quantitative estimate of drug-likeness (QED) is 0.163. The van der Waals surface area contributed by atoms with Crippen molar-refractivity contribution in [1.29, 1.82) is 0 Å². The van der Waals surface area contributed by atoms with E-state index in [9.17, 15) is 0 Å². The largest absolute Gasteiger partial charge is 0.495 e. The molecule has 2 aliphatic carbocycles. The van der Waals surface area contributed by atoms with Gasteiger partial charge in [-0.25, -0.2) is 0 Å². The number of benzene rings is 3. The Kier molecular flexibility index (Phi) is 10.7. The Morgan fingerprint density at radius 2 is 1.42 bits per heavy atom. The van der Waals surface area contributed by atoms with E-state index in [1.54, 1.807) is 0 Å². The van der Waals surface area contributed by atoms with E-state index in [2.05, 4.69) is 113 Å². The molecule has 230 valence electrons. The highest BCUT2D eigenvalue weighted by molar-refractivity contribution is 7.79. The van der Waals surface area contributed by atoms with Gasteiger partial charge in [0, 0.05) is 28.6 Å². The van der Waals surface area contributed by atoms with E-state index in [4.69, 9.17) is 4.74 Å². The van der Waals surface area contributed by atoms with Gasteiger partial charge in [0.2, 0.25) is 0 Å². The Hall–Kier alpha value is -2.57. The molecule has 5 atom stereocenters. The van der Waals surface area contributed by atoms with Crippen LogP contribution in [0.2, 0.25) is 0 Å². The number of hydrogen-bond acceptors (Lipinski definition) is 2. The molecule has 3 heteroatoms. The van der Waals surface area contributed by atoms with Crippen molar-refractivity contribution in [3.63, 3.8) is 0 Å². The van der Waals surface area contributed by atoms with Crippen LogP contribution in [-0.4, -0.2) is 11.8 Å². The van der Waals surface area contributed by atoms with Gasteiger partial charge in [-0.1, -0.05) is 144 Å². The molecule has 43 heavy (non-hydrogen) atoms. The van der Waals surface area contributed by atoms with Gasteiger partial charge in [0.15, 0.2) is 0 Å². The molecule has 2 nitrogen and oxygen atoms in total. The van der Waals surface area contributed by atoms with Crippen LogP contribution in [0.1, 0.15) is 97.5 Å². The molecule has 0 bridgehead atoms. The molecule has 0 unspecified atom stereocenters. The first-order valence-corrected chi connectivity index (χ1v) is 18.7. The summed E-state index contributed by atoms with van der Waals surface area (Å²) in [6, 6.07) is 31.8. The summed E-state index contributed by atoms with van der Waals surface area (Å²) in [6.07, 6.45) is 13.6. The monoisotopic (exact) mass is 596 g/mol. The van der Waals surface area contributed by atoms with Crippen molar-refractivity contribution in [3.05, 3.63) is 108 Å². The van der Waals surface area contributed by atoms with Gasteiger partial charge < -0.3 is 9.30 Å². The molecule has 3 aromatic rings. The van der Waals surface area contributed by atoms with Gasteiger partial charge in [-0.15, -0.1) is 0 Å². The average Bonchev–Trinajstić information content (AvgIpc) is 3.24. The van der Waals surface area contributed by atoms with Crippen LogP contribution in [0.25, 0.3) is 0 Å². The van der Waals surface area contributed by atoms with Crippen molar-refractivity contribution in [3.8, 4) is 0 Å². The zero-order chi connectivity index (χ0) is 30.3. The number of unbranched alkanes of at least 4 members (excludes halogenated alkanes) is 2. The summed E-state index contributed by atoms with van der Waals surface area (Å²) in [6.45, 7) is 9.50. The fraction of sp³-hybridized carbons (Fsp3) is 0.500. The van der Waals surface area contributed by atoms with Crippen molar-refractivity contribution in [2.45, 2.75) is 109 Å². The summed E-state index contributed by atoms with van der Waals surface area (Å²) >= 11 is 0. The van der Waals surface area contributed by atoms with Gasteiger partial charge in [-0.3, -0.25) is 0 Å². The van der Waals surface area contributed by atoms with Gasteiger partial charge in [0.05, 0.1) is 5.76 Å². The highest BCUT2D eigenvalue weighted by Crippen LogP contribution is 2.56. The SMILES string of the molecule is CCCCC[C@H]1CC(O[C@@H]2C[C@H](C)CC[C@H]2C(C)(C)c2ccccc2)=CCC[C@@H]1P(=O)(c1ccccc1)c1ccccc1. The lowest BCUT2D eigenvalue weighted by atomic mass is 9.64. The normalized spacial score (nSPS) is 25.0. The summed E-state index contributed by atoms with van der Waals surface area (Å²) in [5, 5.41) is 2.00. The third kappa shape index (κ3) is 7.23. The molecule has 1 saturated carbocycles. The van der Waals surface area contributed by atoms with E-state index >= 15 is 4.57 Å². The Morgan fingerprint density at radius 3 is 2.02 bits per heavy atom. The van der Waals surface area contributed by atoms with Crippen molar-refractivity contribution in [2.24, 2.45) is 17.8 Å². The van der Waals surface area contributed by atoms with Crippen molar-refractivity contribution in [2.75, 3.05) is 0 Å². The van der Waals surface area contributed by atoms with Crippen LogP contribution in [0, 0.1) is 17.8 Å². The smallest absolute Gasteiger partial charge is 0.146 e. The van der Waals surface area contributed by atoms with E-state index in [1.165, 1.54) is 37.7 Å². The van der Waals surface area contributed by atoms with E-state index in [1.807, 2.05) is 12.1 Å². The Morgan fingerprint density at radius 1 is 0.814 bits per heavy atom. The fourth-order valence-electron chi connectivity index (χ4n) is 8.05. The third-order valence-electron chi connectivity index (χ3n) is 10.6. The lowest BCUT2D eigenvalue weighted by Gasteiger charge is -2.45. The molecule has 0 aromatic heterocycles. The summed E-state index contributed by atoms with van der Waals surface area (Å²) in [5.41, 5.74) is 1.55. The summed E-state index contributed by atoms with van der Waals surface area (Å²) < 4.78 is 22.8. The summed E-state index contributed by atoms with van der Waals surface area (Å²) in [4.78, 5) is 0. The Labute approximate surface area is 261 Å². The highest BCUT2D eigenvalue weighted by atomic mass is 31.2. The molecule has 0 N–H and O–H groups in total. The summed E-state index contributed by atoms with van der Waals surface area (Å²) in [5.74, 6) is 2.62. The van der Waals surface area contributed by atoms with Crippen LogP contribution in [0.4, 0.5) is 0 Å². The van der Waals surface area contributed by atoms with E-state index < -0.39 is 7.14 Å². The molecule has 0 aliphatic heterocycles. The number of allylic oxidation sites excluding steroid dienone is 2. The van der Waals surface area contributed by atoms with Crippen molar-refractivity contribution < 1.29 is 9.30 Å². The van der Waals surface area contributed by atoms with Crippen LogP contribution in [0.5, 0.6) is 0 Å². The van der Waals surface area contributed by atoms with Crippen LogP contribution in [0.15, 0.2) is 103 Å². The summed E-state index contributed by atoms with van der Waals surface area (Å²) in [7, 11) is -2.88. The van der Waals surface area contributed by atoms with Crippen molar-refractivity contribution in [1.82, 2.24) is 0 Å². The maximum atomic E-state index is 15.6. The predicted molar refractivity (Wildman–Crippen MR) is 184 cm³/mol. The molecule has 0 amide bonds. The molecular weight excluding hydrogens is 543 g/mol. The number of rotatable bonds is 11. The molecule has 0 radical (unpaired) electrons. The van der Waals surface area contributed by atoms with Gasteiger partial charge in [-0.2, -0.15) is 0 Å². The maximum absolute atomic E-state index is 15.6. The third-order valence-corrected chi connectivity index (χ3v) is 14.3. The number of hydrogen-bond donors (Lipinski definition) is 0. The maximum Gasteiger partial charge on any atom is 0.146 e. The van der Waals surface area contributed by atoms with Crippen LogP contribution in [-0.2, 0) is 14.7 Å². The zero-order valence-electron chi connectivity index (χ0n) is 27.0. The topological polar surface area (TPSA) is 26.3 Å². The molecule has 0 spiro atoms. The zero-order valence-corrected chi connectivity index (χ0v) is 27.9. The first kappa shape index (κ1) is 31.8. The Balaban J connectivity index is 1.45. The van der Waals surface area contributed by atoms with Crippen molar-refractivity contribution >= 4 is 17.8 Å².